The highest BCUT2D eigenvalue weighted by atomic mass is 35.5. The number of hydrogen-bond donors (Lipinski definition) is 1. The highest BCUT2D eigenvalue weighted by Crippen LogP contribution is 2.28. The van der Waals surface area contributed by atoms with E-state index in [1.165, 1.54) is 0 Å². The van der Waals surface area contributed by atoms with E-state index in [4.69, 9.17) is 22.1 Å². The molecule has 16 heavy (non-hydrogen) atoms. The van der Waals surface area contributed by atoms with Gasteiger partial charge in [-0.3, -0.25) is 0 Å². The number of ether oxygens (including phenoxy) is 1. The summed E-state index contributed by atoms with van der Waals surface area (Å²) in [7, 11) is 0. The quantitative estimate of drug-likeness (QED) is 0.795. The molecule has 0 aliphatic carbocycles. The van der Waals surface area contributed by atoms with E-state index in [2.05, 4.69) is 0 Å². The van der Waals surface area contributed by atoms with Crippen LogP contribution in [0.1, 0.15) is 5.56 Å². The summed E-state index contributed by atoms with van der Waals surface area (Å²) in [4.78, 5) is 0. The van der Waals surface area contributed by atoms with Crippen molar-refractivity contribution in [3.05, 3.63) is 53.1 Å². The molecule has 0 aliphatic rings. The second-order valence-electron chi connectivity index (χ2n) is 3.60. The molecule has 0 heterocycles. The first-order valence-corrected chi connectivity index (χ1v) is 5.32. The minimum atomic E-state index is 0.634. The molecule has 82 valence electrons. The van der Waals surface area contributed by atoms with Crippen molar-refractivity contribution < 1.29 is 4.74 Å². The fourth-order valence-electron chi connectivity index (χ4n) is 1.39. The monoisotopic (exact) mass is 233 g/mol. The molecule has 2 N–H and O–H groups in total. The van der Waals surface area contributed by atoms with Crippen molar-refractivity contribution in [1.82, 2.24) is 0 Å². The number of halogens is 1. The fraction of sp³-hybridized carbons (Fsp3) is 0.0769. The van der Waals surface area contributed by atoms with Gasteiger partial charge in [-0.15, -0.1) is 0 Å². The summed E-state index contributed by atoms with van der Waals surface area (Å²) in [5.41, 5.74) is 7.59. The first-order chi connectivity index (χ1) is 7.65. The van der Waals surface area contributed by atoms with Crippen molar-refractivity contribution in [2.75, 3.05) is 5.73 Å². The van der Waals surface area contributed by atoms with Crippen LogP contribution >= 0.6 is 11.6 Å². The van der Waals surface area contributed by atoms with Crippen LogP contribution in [-0.4, -0.2) is 0 Å². The second kappa shape index (κ2) is 4.45. The standard InChI is InChI=1S/C13H12ClNO/c1-9-2-7-13(12(15)8-9)16-11-5-3-10(14)4-6-11/h2-8H,15H2,1H3. The molecule has 2 nitrogen and oxygen atoms in total. The lowest BCUT2D eigenvalue weighted by atomic mass is 10.2. The van der Waals surface area contributed by atoms with Gasteiger partial charge in [-0.05, 0) is 48.9 Å². The van der Waals surface area contributed by atoms with Crippen LogP contribution < -0.4 is 10.5 Å². The lowest BCUT2D eigenvalue weighted by Gasteiger charge is -2.08. The number of nitrogen functional groups attached to an aromatic ring is 1. The van der Waals surface area contributed by atoms with Gasteiger partial charge in [0.2, 0.25) is 0 Å². The molecule has 2 aromatic rings. The Labute approximate surface area is 99.6 Å². The first-order valence-electron chi connectivity index (χ1n) is 4.95. The molecule has 3 heteroatoms. The van der Waals surface area contributed by atoms with Gasteiger partial charge < -0.3 is 10.5 Å². The Morgan fingerprint density at radius 2 is 1.75 bits per heavy atom. The van der Waals surface area contributed by atoms with Gasteiger partial charge in [-0.1, -0.05) is 17.7 Å². The smallest absolute Gasteiger partial charge is 0.150 e. The molecule has 0 fully saturated rings. The van der Waals surface area contributed by atoms with Crippen LogP contribution in [0.25, 0.3) is 0 Å². The predicted octanol–water partition coefficient (Wildman–Crippen LogP) is 4.02. The zero-order chi connectivity index (χ0) is 11.5. The molecule has 0 saturated carbocycles. The van der Waals surface area contributed by atoms with Gasteiger partial charge in [0.05, 0.1) is 5.69 Å². The zero-order valence-corrected chi connectivity index (χ0v) is 9.66. The van der Waals surface area contributed by atoms with E-state index in [9.17, 15) is 0 Å². The summed E-state index contributed by atoms with van der Waals surface area (Å²) in [5.74, 6) is 1.38. The molecule has 0 bridgehead atoms. The lowest BCUT2D eigenvalue weighted by Crippen LogP contribution is -1.92. The normalized spacial score (nSPS) is 10.1. The van der Waals surface area contributed by atoms with Crippen LogP contribution in [0, 0.1) is 6.92 Å². The van der Waals surface area contributed by atoms with Crippen LogP contribution in [0.15, 0.2) is 42.5 Å². The summed E-state index contributed by atoms with van der Waals surface area (Å²) >= 11 is 5.79. The maximum Gasteiger partial charge on any atom is 0.150 e. The highest BCUT2D eigenvalue weighted by Gasteiger charge is 2.01. The molecule has 0 spiro atoms. The molecule has 0 aromatic heterocycles. The van der Waals surface area contributed by atoms with Crippen molar-refractivity contribution in [2.45, 2.75) is 6.92 Å². The van der Waals surface area contributed by atoms with Crippen molar-refractivity contribution >= 4 is 17.3 Å². The Morgan fingerprint density at radius 1 is 1.06 bits per heavy atom. The van der Waals surface area contributed by atoms with Gasteiger partial charge in [-0.25, -0.2) is 0 Å². The van der Waals surface area contributed by atoms with Crippen molar-refractivity contribution in [1.29, 1.82) is 0 Å². The van der Waals surface area contributed by atoms with Crippen LogP contribution in [0.4, 0.5) is 5.69 Å². The van der Waals surface area contributed by atoms with E-state index in [1.807, 2.05) is 37.3 Å². The van der Waals surface area contributed by atoms with E-state index in [0.29, 0.717) is 16.5 Å². The number of hydrogen-bond acceptors (Lipinski definition) is 2. The molecule has 0 saturated heterocycles. The summed E-state index contributed by atoms with van der Waals surface area (Å²) in [6.07, 6.45) is 0. The van der Waals surface area contributed by atoms with E-state index < -0.39 is 0 Å². The fourth-order valence-corrected chi connectivity index (χ4v) is 1.52. The average molecular weight is 234 g/mol. The summed E-state index contributed by atoms with van der Waals surface area (Å²) in [6.45, 7) is 1.99. The molecular weight excluding hydrogens is 222 g/mol. The molecule has 0 amide bonds. The van der Waals surface area contributed by atoms with Gasteiger partial charge in [0.25, 0.3) is 0 Å². The minimum Gasteiger partial charge on any atom is -0.455 e. The van der Waals surface area contributed by atoms with Crippen LogP contribution in [0.2, 0.25) is 5.02 Å². The van der Waals surface area contributed by atoms with Gasteiger partial charge in [-0.2, -0.15) is 0 Å². The second-order valence-corrected chi connectivity index (χ2v) is 4.03. The molecule has 0 radical (unpaired) electrons. The number of anilines is 1. The van der Waals surface area contributed by atoms with Gasteiger partial charge in [0.15, 0.2) is 0 Å². The molecule has 0 unspecified atom stereocenters. The topological polar surface area (TPSA) is 35.2 Å². The SMILES string of the molecule is Cc1ccc(Oc2ccc(Cl)cc2)c(N)c1. The summed E-state index contributed by atoms with van der Waals surface area (Å²) in [5, 5.41) is 0.684. The summed E-state index contributed by atoms with van der Waals surface area (Å²) in [6, 6.07) is 12.9. The van der Waals surface area contributed by atoms with Crippen LogP contribution in [0.3, 0.4) is 0 Å². The molecule has 0 aliphatic heterocycles. The van der Waals surface area contributed by atoms with Gasteiger partial charge in [0.1, 0.15) is 11.5 Å². The Hall–Kier alpha value is -1.67. The largest absolute Gasteiger partial charge is 0.455 e. The van der Waals surface area contributed by atoms with Gasteiger partial charge in [0, 0.05) is 5.02 Å². The highest BCUT2D eigenvalue weighted by molar-refractivity contribution is 6.30. The van der Waals surface area contributed by atoms with Gasteiger partial charge >= 0.3 is 0 Å². The third-order valence-corrected chi connectivity index (χ3v) is 2.46. The molecule has 0 atom stereocenters. The average Bonchev–Trinajstić information content (AvgIpc) is 2.25. The van der Waals surface area contributed by atoms with E-state index in [0.717, 1.165) is 11.3 Å². The van der Waals surface area contributed by atoms with E-state index in [1.54, 1.807) is 12.1 Å². The first kappa shape index (κ1) is 10.8. The number of aryl methyl sites for hydroxylation is 1. The minimum absolute atomic E-state index is 0.634. The molecule has 2 rings (SSSR count). The lowest BCUT2D eigenvalue weighted by molar-refractivity contribution is 0.485. The number of rotatable bonds is 2. The Kier molecular flexibility index (Phi) is 3.02. The zero-order valence-electron chi connectivity index (χ0n) is 8.91. The van der Waals surface area contributed by atoms with E-state index in [-0.39, 0.29) is 0 Å². The summed E-state index contributed by atoms with van der Waals surface area (Å²) < 4.78 is 5.64. The van der Waals surface area contributed by atoms with Crippen molar-refractivity contribution in [3.8, 4) is 11.5 Å². The van der Waals surface area contributed by atoms with Crippen LogP contribution in [-0.2, 0) is 0 Å². The van der Waals surface area contributed by atoms with Crippen molar-refractivity contribution in [3.63, 3.8) is 0 Å². The molecule has 2 aromatic carbocycles. The maximum absolute atomic E-state index is 5.85. The number of nitrogens with two attached hydrogens (primary N) is 1. The predicted molar refractivity (Wildman–Crippen MR) is 67.1 cm³/mol. The Balaban J connectivity index is 2.23. The van der Waals surface area contributed by atoms with Crippen molar-refractivity contribution in [2.24, 2.45) is 0 Å². The Morgan fingerprint density at radius 3 is 2.38 bits per heavy atom. The number of benzene rings is 2. The Bertz CT molecular complexity index is 494. The van der Waals surface area contributed by atoms with E-state index >= 15 is 0 Å². The molecular formula is C13H12ClNO. The maximum atomic E-state index is 5.85. The third kappa shape index (κ3) is 2.47. The van der Waals surface area contributed by atoms with Crippen LogP contribution in [0.5, 0.6) is 11.5 Å². The third-order valence-electron chi connectivity index (χ3n) is 2.21.